The molecule has 4 nitrogen and oxygen atoms in total. The summed E-state index contributed by atoms with van der Waals surface area (Å²) in [7, 11) is 0. The smallest absolute Gasteiger partial charge is 0.0534 e. The van der Waals surface area contributed by atoms with Gasteiger partial charge in [0.2, 0.25) is 0 Å². The average molecular weight is 210 g/mol. The zero-order valence-corrected chi connectivity index (χ0v) is 10.1. The molecule has 0 saturated carbocycles. The second kappa shape index (κ2) is 5.28. The van der Waals surface area contributed by atoms with Crippen molar-refractivity contribution in [3.63, 3.8) is 0 Å². The van der Waals surface area contributed by atoms with Crippen LogP contribution in [0.25, 0.3) is 0 Å². The van der Waals surface area contributed by atoms with Crippen LogP contribution in [0.2, 0.25) is 0 Å². The van der Waals surface area contributed by atoms with E-state index in [0.29, 0.717) is 6.04 Å². The summed E-state index contributed by atoms with van der Waals surface area (Å²) in [6, 6.07) is 0.352. The molecule has 0 aromatic carbocycles. The number of aromatic nitrogens is 2. The first kappa shape index (κ1) is 12.2. The molecule has 3 N–H and O–H groups in total. The maximum absolute atomic E-state index is 3.93. The second-order valence-electron chi connectivity index (χ2n) is 4.88. The third-order valence-electron chi connectivity index (χ3n) is 2.25. The Morgan fingerprint density at radius 3 is 2.67 bits per heavy atom. The lowest BCUT2D eigenvalue weighted by molar-refractivity contribution is 0.414. The van der Waals surface area contributed by atoms with Gasteiger partial charge >= 0.3 is 0 Å². The van der Waals surface area contributed by atoms with Crippen molar-refractivity contribution in [3.05, 3.63) is 18.0 Å². The minimum atomic E-state index is 0.195. The summed E-state index contributed by atoms with van der Waals surface area (Å²) >= 11 is 0. The maximum Gasteiger partial charge on any atom is 0.0534 e. The van der Waals surface area contributed by atoms with Crippen LogP contribution in [-0.4, -0.2) is 28.8 Å². The van der Waals surface area contributed by atoms with E-state index < -0.39 is 0 Å². The third-order valence-corrected chi connectivity index (χ3v) is 2.25. The van der Waals surface area contributed by atoms with Gasteiger partial charge in [0.25, 0.3) is 0 Å². The highest BCUT2D eigenvalue weighted by atomic mass is 15.1. The predicted octanol–water partition coefficient (Wildman–Crippen LogP) is 1.45. The van der Waals surface area contributed by atoms with Crippen LogP contribution in [0.15, 0.2) is 12.4 Å². The van der Waals surface area contributed by atoms with Crippen molar-refractivity contribution >= 4 is 0 Å². The van der Waals surface area contributed by atoms with Gasteiger partial charge in [-0.25, -0.2) is 0 Å². The molecule has 0 aliphatic carbocycles. The fraction of sp³-hybridized carbons (Fsp3) is 0.727. The zero-order valence-electron chi connectivity index (χ0n) is 10.1. The average Bonchev–Trinajstić information content (AvgIpc) is 2.63. The predicted molar refractivity (Wildman–Crippen MR) is 62.8 cm³/mol. The van der Waals surface area contributed by atoms with E-state index in [1.807, 2.05) is 12.4 Å². The second-order valence-corrected chi connectivity index (χ2v) is 4.88. The van der Waals surface area contributed by atoms with Crippen molar-refractivity contribution in [1.82, 2.24) is 20.8 Å². The molecule has 0 radical (unpaired) electrons. The largest absolute Gasteiger partial charge is 0.311 e. The number of aromatic amines is 1. The highest BCUT2D eigenvalue weighted by Gasteiger charge is 2.08. The van der Waals surface area contributed by atoms with Crippen LogP contribution in [0, 0.1) is 0 Å². The number of rotatable bonds is 5. The highest BCUT2D eigenvalue weighted by molar-refractivity contribution is 5.07. The highest BCUT2D eigenvalue weighted by Crippen LogP contribution is 2.07. The lowest BCUT2D eigenvalue weighted by Crippen LogP contribution is -2.40. The number of hydrogen-bond donors (Lipinski definition) is 3. The maximum atomic E-state index is 3.93. The standard InChI is InChI=1S/C11H22N4/c1-9(10-7-14-15-8-10)12-5-6-13-11(2,3)4/h7-9,12-13H,5-6H2,1-4H3,(H,14,15). The Bertz CT molecular complexity index is 261. The Morgan fingerprint density at radius 1 is 1.40 bits per heavy atom. The minimum Gasteiger partial charge on any atom is -0.311 e. The Labute approximate surface area is 91.8 Å². The van der Waals surface area contributed by atoms with Crippen LogP contribution in [0.5, 0.6) is 0 Å². The van der Waals surface area contributed by atoms with Gasteiger partial charge in [0.1, 0.15) is 0 Å². The van der Waals surface area contributed by atoms with Crippen molar-refractivity contribution in [3.8, 4) is 0 Å². The quantitative estimate of drug-likeness (QED) is 0.645. The van der Waals surface area contributed by atoms with Crippen molar-refractivity contribution < 1.29 is 0 Å². The van der Waals surface area contributed by atoms with Crippen LogP contribution in [0.4, 0.5) is 0 Å². The molecule has 1 aromatic rings. The first-order valence-electron chi connectivity index (χ1n) is 5.46. The summed E-state index contributed by atoms with van der Waals surface area (Å²) in [5.41, 5.74) is 1.39. The number of hydrogen-bond acceptors (Lipinski definition) is 3. The Hall–Kier alpha value is -0.870. The van der Waals surface area contributed by atoms with Crippen molar-refractivity contribution in [2.45, 2.75) is 39.3 Å². The first-order chi connectivity index (χ1) is 6.99. The van der Waals surface area contributed by atoms with Crippen LogP contribution < -0.4 is 10.6 Å². The van der Waals surface area contributed by atoms with Gasteiger partial charge in [-0.2, -0.15) is 5.10 Å². The molecule has 86 valence electrons. The van der Waals surface area contributed by atoms with E-state index in [1.54, 1.807) is 0 Å². The molecule has 1 aromatic heterocycles. The molecule has 0 bridgehead atoms. The lowest BCUT2D eigenvalue weighted by atomic mass is 10.1. The van der Waals surface area contributed by atoms with E-state index >= 15 is 0 Å². The molecule has 0 aliphatic rings. The summed E-state index contributed by atoms with van der Waals surface area (Å²) in [5, 5.41) is 13.6. The Kier molecular flexibility index (Phi) is 4.29. The topological polar surface area (TPSA) is 52.7 Å². The molecule has 15 heavy (non-hydrogen) atoms. The Morgan fingerprint density at radius 2 is 2.13 bits per heavy atom. The third kappa shape index (κ3) is 4.95. The van der Waals surface area contributed by atoms with Gasteiger partial charge in [-0.1, -0.05) is 0 Å². The molecule has 0 aliphatic heterocycles. The lowest BCUT2D eigenvalue weighted by Gasteiger charge is -2.21. The van der Waals surface area contributed by atoms with E-state index in [1.165, 1.54) is 5.56 Å². The summed E-state index contributed by atoms with van der Waals surface area (Å²) < 4.78 is 0. The van der Waals surface area contributed by atoms with Crippen molar-refractivity contribution in [1.29, 1.82) is 0 Å². The minimum absolute atomic E-state index is 0.195. The molecule has 0 spiro atoms. The van der Waals surface area contributed by atoms with Crippen molar-refractivity contribution in [2.75, 3.05) is 13.1 Å². The Balaban J connectivity index is 2.16. The van der Waals surface area contributed by atoms with E-state index in [0.717, 1.165) is 13.1 Å². The molecule has 1 unspecified atom stereocenters. The van der Waals surface area contributed by atoms with Gasteiger partial charge in [-0.3, -0.25) is 5.10 Å². The summed E-state index contributed by atoms with van der Waals surface area (Å²) in [6.07, 6.45) is 3.78. The first-order valence-corrected chi connectivity index (χ1v) is 5.46. The molecule has 0 fully saturated rings. The van der Waals surface area contributed by atoms with Crippen LogP contribution in [0.1, 0.15) is 39.3 Å². The number of H-pyrrole nitrogens is 1. The van der Waals surface area contributed by atoms with Gasteiger partial charge in [0, 0.05) is 36.4 Å². The monoisotopic (exact) mass is 210 g/mol. The SMILES string of the molecule is CC(NCCNC(C)(C)C)c1cn[nH]c1. The molecular weight excluding hydrogens is 188 g/mol. The fourth-order valence-corrected chi connectivity index (χ4v) is 1.34. The molecule has 1 rings (SSSR count). The van der Waals surface area contributed by atoms with E-state index in [9.17, 15) is 0 Å². The molecule has 1 atom stereocenters. The van der Waals surface area contributed by atoms with E-state index in [2.05, 4.69) is 48.5 Å². The fourth-order valence-electron chi connectivity index (χ4n) is 1.34. The van der Waals surface area contributed by atoms with Crippen LogP contribution >= 0.6 is 0 Å². The van der Waals surface area contributed by atoms with Gasteiger partial charge in [-0.15, -0.1) is 0 Å². The molecule has 0 saturated heterocycles. The molecular formula is C11H22N4. The zero-order chi connectivity index (χ0) is 11.3. The van der Waals surface area contributed by atoms with E-state index in [4.69, 9.17) is 0 Å². The molecule has 0 amide bonds. The normalized spacial score (nSPS) is 14.1. The summed E-state index contributed by atoms with van der Waals surface area (Å²) in [6.45, 7) is 10.6. The van der Waals surface area contributed by atoms with Gasteiger partial charge in [0.05, 0.1) is 6.20 Å². The molecule has 1 heterocycles. The van der Waals surface area contributed by atoms with E-state index in [-0.39, 0.29) is 5.54 Å². The van der Waals surface area contributed by atoms with Crippen molar-refractivity contribution in [2.24, 2.45) is 0 Å². The van der Waals surface area contributed by atoms with Crippen LogP contribution in [0.3, 0.4) is 0 Å². The number of nitrogens with one attached hydrogen (secondary N) is 3. The van der Waals surface area contributed by atoms with Crippen LogP contribution in [-0.2, 0) is 0 Å². The van der Waals surface area contributed by atoms with Gasteiger partial charge < -0.3 is 10.6 Å². The number of nitrogens with zero attached hydrogens (tertiary/aromatic N) is 1. The van der Waals surface area contributed by atoms with Gasteiger partial charge in [-0.05, 0) is 27.7 Å². The summed E-state index contributed by atoms with van der Waals surface area (Å²) in [4.78, 5) is 0. The summed E-state index contributed by atoms with van der Waals surface area (Å²) in [5.74, 6) is 0. The molecule has 4 heteroatoms. The van der Waals surface area contributed by atoms with Gasteiger partial charge in [0.15, 0.2) is 0 Å².